The summed E-state index contributed by atoms with van der Waals surface area (Å²) in [7, 11) is 0. The number of hydrogen-bond acceptors (Lipinski definition) is 5. The minimum atomic E-state index is 1.13. The molecule has 2 rings (SSSR count). The van der Waals surface area contributed by atoms with Crippen molar-refractivity contribution in [2.75, 3.05) is 0 Å². The zero-order valence-corrected chi connectivity index (χ0v) is 7.67. The van der Waals surface area contributed by atoms with Crippen molar-refractivity contribution >= 4 is 11.3 Å². The van der Waals surface area contributed by atoms with Crippen molar-refractivity contribution < 1.29 is 0 Å². The van der Waals surface area contributed by atoms with E-state index in [-0.39, 0.29) is 0 Å². The van der Waals surface area contributed by atoms with E-state index < -0.39 is 0 Å². The highest BCUT2D eigenvalue weighted by molar-refractivity contribution is 7.09. The molecule has 0 aliphatic heterocycles. The summed E-state index contributed by atoms with van der Waals surface area (Å²) >= 11 is 1.69. The number of aromatic nitrogens is 5. The van der Waals surface area contributed by atoms with Gasteiger partial charge in [-0.05, 0) is 13.8 Å². The summed E-state index contributed by atoms with van der Waals surface area (Å²) in [5.41, 5.74) is 1.13. The summed E-state index contributed by atoms with van der Waals surface area (Å²) in [5.74, 6) is 0. The number of rotatable bonds is 0. The molecule has 5 nitrogen and oxygen atoms in total. The number of nitrogens with zero attached hydrogens (tertiary/aromatic N) is 4. The molecule has 0 saturated heterocycles. The number of nitrogens with one attached hydrogen (secondary N) is 1. The Labute approximate surface area is 73.9 Å². The number of thiazole rings is 1. The van der Waals surface area contributed by atoms with E-state index in [0.29, 0.717) is 0 Å². The van der Waals surface area contributed by atoms with Crippen molar-refractivity contribution in [1.82, 2.24) is 25.6 Å². The zero-order valence-electron chi connectivity index (χ0n) is 6.85. The molecule has 1 N–H and O–H groups in total. The predicted molar refractivity (Wildman–Crippen MR) is 45.8 cm³/mol. The number of tetrazole rings is 1. The molecule has 0 radical (unpaired) electrons. The quantitative estimate of drug-likeness (QED) is 0.660. The molecule has 64 valence electrons. The van der Waals surface area contributed by atoms with Gasteiger partial charge >= 0.3 is 0 Å². The van der Waals surface area contributed by atoms with E-state index >= 15 is 0 Å². The monoisotopic (exact) mass is 183 g/mol. The van der Waals surface area contributed by atoms with E-state index in [2.05, 4.69) is 31.0 Å². The lowest BCUT2D eigenvalue weighted by Gasteiger charge is -1.71. The molecule has 2 heterocycles. The fourth-order valence-electron chi connectivity index (χ4n) is 0.601. The largest absolute Gasteiger partial charge is 0.247 e. The number of aryl methyl sites for hydroxylation is 2. The van der Waals surface area contributed by atoms with Gasteiger partial charge < -0.3 is 0 Å². The molecular formula is C6H9N5S. The van der Waals surface area contributed by atoms with Gasteiger partial charge in [-0.2, -0.15) is 5.21 Å². The van der Waals surface area contributed by atoms with E-state index in [9.17, 15) is 0 Å². The molecule has 0 atom stereocenters. The van der Waals surface area contributed by atoms with Gasteiger partial charge in [0.05, 0.1) is 5.01 Å². The Morgan fingerprint density at radius 3 is 2.42 bits per heavy atom. The third kappa shape index (κ3) is 3.20. The first-order valence-electron chi connectivity index (χ1n) is 3.34. The zero-order chi connectivity index (χ0) is 8.81. The Kier molecular flexibility index (Phi) is 3.34. The van der Waals surface area contributed by atoms with Gasteiger partial charge in [0, 0.05) is 11.1 Å². The summed E-state index contributed by atoms with van der Waals surface area (Å²) in [4.78, 5) is 4.13. The van der Waals surface area contributed by atoms with Crippen molar-refractivity contribution in [3.63, 3.8) is 0 Å². The first-order chi connectivity index (χ1) is 5.79. The van der Waals surface area contributed by atoms with Gasteiger partial charge in [-0.25, -0.2) is 4.98 Å². The van der Waals surface area contributed by atoms with E-state index in [1.807, 2.05) is 13.8 Å². The van der Waals surface area contributed by atoms with Crippen molar-refractivity contribution in [2.45, 2.75) is 13.8 Å². The van der Waals surface area contributed by atoms with Crippen molar-refractivity contribution in [3.8, 4) is 0 Å². The Hall–Kier alpha value is -1.30. The van der Waals surface area contributed by atoms with E-state index in [1.54, 1.807) is 11.3 Å². The smallest absolute Gasteiger partial charge is 0.161 e. The Bertz CT molecular complexity index is 268. The second-order valence-corrected chi connectivity index (χ2v) is 3.13. The van der Waals surface area contributed by atoms with Crippen molar-refractivity contribution in [3.05, 3.63) is 22.4 Å². The summed E-state index contributed by atoms with van der Waals surface area (Å²) in [5, 5.41) is 15.4. The van der Waals surface area contributed by atoms with Crippen LogP contribution in [0.1, 0.15) is 10.7 Å². The third-order valence-corrected chi connectivity index (χ3v) is 1.89. The van der Waals surface area contributed by atoms with Gasteiger partial charge in [0.1, 0.15) is 0 Å². The van der Waals surface area contributed by atoms with Crippen molar-refractivity contribution in [1.29, 1.82) is 0 Å². The molecule has 0 spiro atoms. The summed E-state index contributed by atoms with van der Waals surface area (Å²) < 4.78 is 0. The topological polar surface area (TPSA) is 67.3 Å². The normalized spacial score (nSPS) is 8.83. The molecule has 0 bridgehead atoms. The van der Waals surface area contributed by atoms with Gasteiger partial charge in [0.2, 0.25) is 0 Å². The van der Waals surface area contributed by atoms with Gasteiger partial charge in [-0.1, -0.05) is 5.21 Å². The van der Waals surface area contributed by atoms with Gasteiger partial charge in [-0.3, -0.25) is 0 Å². The van der Waals surface area contributed by atoms with Crippen LogP contribution in [-0.4, -0.2) is 25.6 Å². The fourth-order valence-corrected chi connectivity index (χ4v) is 1.19. The van der Waals surface area contributed by atoms with Crippen LogP contribution in [0.3, 0.4) is 0 Å². The maximum absolute atomic E-state index is 4.13. The molecular weight excluding hydrogens is 174 g/mol. The molecule has 2 aromatic heterocycles. The van der Waals surface area contributed by atoms with E-state index in [4.69, 9.17) is 0 Å². The fraction of sp³-hybridized carbons (Fsp3) is 0.333. The average Bonchev–Trinajstić information content (AvgIpc) is 2.63. The first kappa shape index (κ1) is 8.79. The highest BCUT2D eigenvalue weighted by atomic mass is 32.1. The maximum atomic E-state index is 4.13. The highest BCUT2D eigenvalue weighted by Crippen LogP contribution is 2.04. The highest BCUT2D eigenvalue weighted by Gasteiger charge is 1.86. The second-order valence-electron chi connectivity index (χ2n) is 2.07. The molecule has 0 amide bonds. The Morgan fingerprint density at radius 2 is 2.25 bits per heavy atom. The Balaban J connectivity index is 0.000000127. The van der Waals surface area contributed by atoms with Crippen LogP contribution in [0.15, 0.2) is 11.7 Å². The van der Waals surface area contributed by atoms with Gasteiger partial charge in [-0.15, -0.1) is 21.5 Å². The van der Waals surface area contributed by atoms with Crippen LogP contribution in [0.25, 0.3) is 0 Å². The summed E-state index contributed by atoms with van der Waals surface area (Å²) in [6.45, 7) is 4.02. The first-order valence-corrected chi connectivity index (χ1v) is 4.22. The third-order valence-electron chi connectivity index (χ3n) is 1.00. The van der Waals surface area contributed by atoms with Crippen molar-refractivity contribution in [2.24, 2.45) is 0 Å². The SMILES string of the molecule is Cc1csc(C)n1.c1nn[nH]n1. The second kappa shape index (κ2) is 4.55. The molecule has 12 heavy (non-hydrogen) atoms. The summed E-state index contributed by atoms with van der Waals surface area (Å²) in [6.07, 6.45) is 1.33. The molecule has 0 aromatic carbocycles. The molecule has 0 saturated carbocycles. The van der Waals surface area contributed by atoms with Crippen LogP contribution in [0.2, 0.25) is 0 Å². The Morgan fingerprint density at radius 1 is 1.42 bits per heavy atom. The van der Waals surface area contributed by atoms with Crippen LogP contribution in [0, 0.1) is 13.8 Å². The lowest BCUT2D eigenvalue weighted by atomic mass is 10.6. The molecule has 6 heteroatoms. The maximum Gasteiger partial charge on any atom is 0.161 e. The predicted octanol–water partition coefficient (Wildman–Crippen LogP) is 0.960. The minimum absolute atomic E-state index is 1.13. The van der Waals surface area contributed by atoms with Gasteiger partial charge in [0.25, 0.3) is 0 Å². The van der Waals surface area contributed by atoms with E-state index in [0.717, 1.165) is 10.7 Å². The van der Waals surface area contributed by atoms with E-state index in [1.165, 1.54) is 6.33 Å². The molecule has 0 aliphatic rings. The molecule has 2 aromatic rings. The van der Waals surface area contributed by atoms with Crippen LogP contribution in [0.4, 0.5) is 0 Å². The molecule has 0 unspecified atom stereocenters. The van der Waals surface area contributed by atoms with Crippen LogP contribution in [-0.2, 0) is 0 Å². The average molecular weight is 183 g/mol. The van der Waals surface area contributed by atoms with Crippen LogP contribution >= 0.6 is 11.3 Å². The number of H-pyrrole nitrogens is 1. The van der Waals surface area contributed by atoms with Gasteiger partial charge in [0.15, 0.2) is 6.33 Å². The lowest BCUT2D eigenvalue weighted by Crippen LogP contribution is -1.67. The summed E-state index contributed by atoms with van der Waals surface area (Å²) in [6, 6.07) is 0. The molecule has 0 aliphatic carbocycles. The molecule has 0 fully saturated rings. The lowest BCUT2D eigenvalue weighted by molar-refractivity contribution is 0.881. The standard InChI is InChI=1S/C5H7NS.CH2N4/c1-4-3-7-5(2)6-4;1-2-4-5-3-1/h3H,1-2H3;1H,(H,2,3,4,5). The minimum Gasteiger partial charge on any atom is -0.247 e. The number of aromatic amines is 1. The van der Waals surface area contributed by atoms with Crippen LogP contribution in [0.5, 0.6) is 0 Å². The number of hydrogen-bond donors (Lipinski definition) is 1. The van der Waals surface area contributed by atoms with Crippen LogP contribution < -0.4 is 0 Å².